The maximum absolute atomic E-state index is 5.89. The number of nitrogen functional groups attached to an aromatic ring is 1. The number of benzene rings is 1. The van der Waals surface area contributed by atoms with Gasteiger partial charge in [-0.25, -0.2) is 0 Å². The molecular formula is C22H40N2O6. The van der Waals surface area contributed by atoms with E-state index in [9.17, 15) is 0 Å². The van der Waals surface area contributed by atoms with Gasteiger partial charge in [0.1, 0.15) is 0 Å². The van der Waals surface area contributed by atoms with Crippen LogP contribution in [0.4, 0.5) is 11.4 Å². The summed E-state index contributed by atoms with van der Waals surface area (Å²) in [6.45, 7) is 12.7. The highest BCUT2D eigenvalue weighted by atomic mass is 16.7. The third-order valence-corrected chi connectivity index (χ3v) is 4.53. The van der Waals surface area contributed by atoms with Crippen LogP contribution in [-0.2, 0) is 28.4 Å². The van der Waals surface area contributed by atoms with Gasteiger partial charge in [-0.1, -0.05) is 0 Å². The summed E-state index contributed by atoms with van der Waals surface area (Å²) in [6, 6.07) is 6.12. The molecule has 0 fully saturated rings. The van der Waals surface area contributed by atoms with E-state index >= 15 is 0 Å². The zero-order chi connectivity index (χ0) is 22.0. The van der Waals surface area contributed by atoms with Crippen molar-refractivity contribution in [2.75, 3.05) is 90.3 Å². The molecule has 0 saturated carbocycles. The van der Waals surface area contributed by atoms with Gasteiger partial charge in [-0.2, -0.15) is 0 Å². The molecule has 0 aromatic heterocycles. The molecule has 0 radical (unpaired) electrons. The monoisotopic (exact) mass is 428 g/mol. The lowest BCUT2D eigenvalue weighted by Gasteiger charge is -2.23. The van der Waals surface area contributed by atoms with Gasteiger partial charge in [0.2, 0.25) is 0 Å². The molecule has 1 aromatic carbocycles. The molecule has 1 atom stereocenters. The van der Waals surface area contributed by atoms with Crippen molar-refractivity contribution < 1.29 is 28.4 Å². The Kier molecular flexibility index (Phi) is 15.3. The summed E-state index contributed by atoms with van der Waals surface area (Å²) in [7, 11) is 1.61. The van der Waals surface area contributed by atoms with Crippen molar-refractivity contribution in [2.45, 2.75) is 27.1 Å². The number of nitrogens with zero attached hydrogens (tertiary/aromatic N) is 1. The van der Waals surface area contributed by atoms with Gasteiger partial charge >= 0.3 is 0 Å². The molecule has 0 aliphatic heterocycles. The maximum atomic E-state index is 5.89. The first kappa shape index (κ1) is 26.6. The van der Waals surface area contributed by atoms with Crippen molar-refractivity contribution in [3.63, 3.8) is 0 Å². The van der Waals surface area contributed by atoms with E-state index in [1.807, 2.05) is 19.9 Å². The van der Waals surface area contributed by atoms with E-state index in [2.05, 4.69) is 24.0 Å². The molecule has 8 nitrogen and oxygen atoms in total. The molecule has 0 aliphatic carbocycles. The molecule has 1 unspecified atom stereocenters. The fourth-order valence-electron chi connectivity index (χ4n) is 2.60. The predicted octanol–water partition coefficient (Wildman–Crippen LogP) is 2.48. The summed E-state index contributed by atoms with van der Waals surface area (Å²) in [4.78, 5) is 2.27. The molecule has 30 heavy (non-hydrogen) atoms. The molecule has 0 heterocycles. The van der Waals surface area contributed by atoms with Crippen LogP contribution in [0.3, 0.4) is 0 Å². The standard InChI is InChI=1S/C22H40N2O6/c1-5-24(21-6-7-22(23)19(2)18-21)8-9-26-10-11-27-12-13-28-14-15-29-16-17-30-20(3)25-4/h6-7,18,20H,5,8-17,23H2,1-4H3. The van der Waals surface area contributed by atoms with Gasteiger partial charge in [0, 0.05) is 31.6 Å². The molecule has 2 N–H and O–H groups in total. The molecule has 1 rings (SSSR count). The first-order valence-corrected chi connectivity index (χ1v) is 10.6. The number of methoxy groups -OCH3 is 1. The Labute approximate surface area is 181 Å². The van der Waals surface area contributed by atoms with Crippen LogP contribution in [0.5, 0.6) is 0 Å². The summed E-state index contributed by atoms with van der Waals surface area (Å²) < 4.78 is 32.3. The SMILES string of the molecule is CCN(CCOCCOCCOCCOCCOC(C)OC)c1ccc(N)c(C)c1. The Balaban J connectivity index is 1.90. The fraction of sp³-hybridized carbons (Fsp3) is 0.727. The highest BCUT2D eigenvalue weighted by molar-refractivity contribution is 5.57. The number of anilines is 2. The molecular weight excluding hydrogens is 388 g/mol. The molecule has 8 heteroatoms. The van der Waals surface area contributed by atoms with Gasteiger partial charge in [-0.05, 0) is 44.5 Å². The maximum Gasteiger partial charge on any atom is 0.154 e. The van der Waals surface area contributed by atoms with Crippen LogP contribution in [-0.4, -0.2) is 86.0 Å². The first-order valence-electron chi connectivity index (χ1n) is 10.6. The van der Waals surface area contributed by atoms with Gasteiger partial charge in [0.15, 0.2) is 6.29 Å². The van der Waals surface area contributed by atoms with E-state index in [0.717, 1.165) is 24.3 Å². The van der Waals surface area contributed by atoms with Gasteiger partial charge in [-0.3, -0.25) is 0 Å². The third kappa shape index (κ3) is 12.3. The number of nitrogens with two attached hydrogens (primary N) is 1. The molecule has 1 aromatic rings. The van der Waals surface area contributed by atoms with E-state index in [1.54, 1.807) is 7.11 Å². The van der Waals surface area contributed by atoms with Crippen LogP contribution in [0.1, 0.15) is 19.4 Å². The van der Waals surface area contributed by atoms with E-state index in [1.165, 1.54) is 5.69 Å². The van der Waals surface area contributed by atoms with E-state index < -0.39 is 0 Å². The number of rotatable bonds is 19. The molecule has 0 spiro atoms. The minimum atomic E-state index is -0.204. The minimum absolute atomic E-state index is 0.204. The number of likely N-dealkylation sites (N-methyl/N-ethyl adjacent to an activating group) is 1. The van der Waals surface area contributed by atoms with Crippen molar-refractivity contribution >= 4 is 11.4 Å². The fourth-order valence-corrected chi connectivity index (χ4v) is 2.60. The number of hydrogen-bond donors (Lipinski definition) is 1. The van der Waals surface area contributed by atoms with Crippen molar-refractivity contribution in [3.8, 4) is 0 Å². The largest absolute Gasteiger partial charge is 0.399 e. The lowest BCUT2D eigenvalue weighted by atomic mass is 10.1. The summed E-state index contributed by atoms with van der Waals surface area (Å²) in [5.41, 5.74) is 8.98. The second-order valence-electron chi connectivity index (χ2n) is 6.74. The summed E-state index contributed by atoms with van der Waals surface area (Å²) in [5, 5.41) is 0. The Morgan fingerprint density at radius 2 is 1.40 bits per heavy atom. The van der Waals surface area contributed by atoms with E-state index in [0.29, 0.717) is 59.5 Å². The average molecular weight is 429 g/mol. The second-order valence-corrected chi connectivity index (χ2v) is 6.74. The number of aryl methyl sites for hydroxylation is 1. The van der Waals surface area contributed by atoms with Gasteiger partial charge < -0.3 is 39.1 Å². The van der Waals surface area contributed by atoms with Gasteiger partial charge in [-0.15, -0.1) is 0 Å². The number of ether oxygens (including phenoxy) is 6. The summed E-state index contributed by atoms with van der Waals surface area (Å²) >= 11 is 0. The first-order chi connectivity index (χ1) is 14.6. The topological polar surface area (TPSA) is 84.6 Å². The average Bonchev–Trinajstić information content (AvgIpc) is 2.75. The molecule has 0 saturated heterocycles. The molecule has 0 bridgehead atoms. The number of hydrogen-bond acceptors (Lipinski definition) is 8. The second kappa shape index (κ2) is 17.3. The Morgan fingerprint density at radius 3 is 1.90 bits per heavy atom. The van der Waals surface area contributed by atoms with Crippen LogP contribution in [0.25, 0.3) is 0 Å². The summed E-state index contributed by atoms with van der Waals surface area (Å²) in [5.74, 6) is 0. The Hall–Kier alpha value is -1.42. The summed E-state index contributed by atoms with van der Waals surface area (Å²) in [6.07, 6.45) is -0.204. The Morgan fingerprint density at radius 1 is 0.867 bits per heavy atom. The van der Waals surface area contributed by atoms with Crippen molar-refractivity contribution in [1.29, 1.82) is 0 Å². The van der Waals surface area contributed by atoms with Crippen molar-refractivity contribution in [3.05, 3.63) is 23.8 Å². The van der Waals surface area contributed by atoms with Gasteiger partial charge in [0.05, 0.1) is 59.5 Å². The van der Waals surface area contributed by atoms with E-state index in [4.69, 9.17) is 34.2 Å². The lowest BCUT2D eigenvalue weighted by molar-refractivity contribution is -0.123. The third-order valence-electron chi connectivity index (χ3n) is 4.53. The van der Waals surface area contributed by atoms with Crippen LogP contribution >= 0.6 is 0 Å². The van der Waals surface area contributed by atoms with E-state index in [-0.39, 0.29) is 6.29 Å². The van der Waals surface area contributed by atoms with Crippen LogP contribution in [0, 0.1) is 6.92 Å². The zero-order valence-corrected chi connectivity index (χ0v) is 19.1. The van der Waals surface area contributed by atoms with Crippen LogP contribution in [0.2, 0.25) is 0 Å². The molecule has 0 aliphatic rings. The lowest BCUT2D eigenvalue weighted by Crippen LogP contribution is -2.27. The Bertz CT molecular complexity index is 546. The van der Waals surface area contributed by atoms with Gasteiger partial charge in [0.25, 0.3) is 0 Å². The zero-order valence-electron chi connectivity index (χ0n) is 19.1. The minimum Gasteiger partial charge on any atom is -0.399 e. The smallest absolute Gasteiger partial charge is 0.154 e. The quantitative estimate of drug-likeness (QED) is 0.204. The highest BCUT2D eigenvalue weighted by Gasteiger charge is 2.05. The van der Waals surface area contributed by atoms with Crippen molar-refractivity contribution in [1.82, 2.24) is 0 Å². The van der Waals surface area contributed by atoms with Crippen molar-refractivity contribution in [2.24, 2.45) is 0 Å². The highest BCUT2D eigenvalue weighted by Crippen LogP contribution is 2.20. The normalized spacial score (nSPS) is 12.3. The van der Waals surface area contributed by atoms with Crippen LogP contribution < -0.4 is 10.6 Å². The molecule has 174 valence electrons. The van der Waals surface area contributed by atoms with Crippen LogP contribution in [0.15, 0.2) is 18.2 Å². The predicted molar refractivity (Wildman–Crippen MR) is 119 cm³/mol. The molecule has 0 amide bonds.